The van der Waals surface area contributed by atoms with Gasteiger partial charge in [-0.25, -0.2) is 13.4 Å². The van der Waals surface area contributed by atoms with Crippen molar-refractivity contribution in [3.63, 3.8) is 0 Å². The van der Waals surface area contributed by atoms with Gasteiger partial charge in [0.1, 0.15) is 17.2 Å². The first-order valence-corrected chi connectivity index (χ1v) is 13.3. The van der Waals surface area contributed by atoms with Crippen LogP contribution in [-0.4, -0.2) is 41.1 Å². The number of nitrogens with one attached hydrogen (secondary N) is 1. The highest BCUT2D eigenvalue weighted by atomic mass is 32.2. The standard InChI is InChI=1S/C27H28N4O3S/c1-20-9-8-18-31-26(20)29-25(22-10-4-2-5-11-22)27(31)28-24(32)19-21-12-14-23(15-13-21)35(33,34)30-16-6-3-7-17-30/h2,4-5,8-15,18H,3,6-7,16-17,19H2,1H3,(H,28,32). The minimum absolute atomic E-state index is 0.122. The Kier molecular flexibility index (Phi) is 6.40. The van der Waals surface area contributed by atoms with Crippen LogP contribution in [0.15, 0.2) is 77.8 Å². The van der Waals surface area contributed by atoms with Crippen LogP contribution in [0.4, 0.5) is 5.82 Å². The van der Waals surface area contributed by atoms with E-state index in [0.29, 0.717) is 24.6 Å². The molecule has 8 heteroatoms. The number of rotatable bonds is 6. The third-order valence-corrected chi connectivity index (χ3v) is 8.30. The van der Waals surface area contributed by atoms with Gasteiger partial charge in [0.15, 0.2) is 0 Å². The molecule has 0 atom stereocenters. The monoisotopic (exact) mass is 488 g/mol. The molecule has 35 heavy (non-hydrogen) atoms. The molecule has 1 saturated heterocycles. The maximum atomic E-state index is 13.0. The number of anilines is 1. The summed E-state index contributed by atoms with van der Waals surface area (Å²) in [6.45, 7) is 3.12. The maximum absolute atomic E-state index is 13.0. The summed E-state index contributed by atoms with van der Waals surface area (Å²) in [7, 11) is -3.49. The van der Waals surface area contributed by atoms with E-state index in [-0.39, 0.29) is 17.2 Å². The number of pyridine rings is 1. The molecule has 0 saturated carbocycles. The van der Waals surface area contributed by atoms with Crippen LogP contribution < -0.4 is 5.32 Å². The van der Waals surface area contributed by atoms with Gasteiger partial charge in [-0.05, 0) is 49.1 Å². The molecule has 1 N–H and O–H groups in total. The van der Waals surface area contributed by atoms with E-state index in [4.69, 9.17) is 4.98 Å². The summed E-state index contributed by atoms with van der Waals surface area (Å²) < 4.78 is 29.2. The summed E-state index contributed by atoms with van der Waals surface area (Å²) in [6, 6.07) is 20.3. The number of benzene rings is 2. The van der Waals surface area contributed by atoms with Crippen LogP contribution >= 0.6 is 0 Å². The molecule has 4 aromatic rings. The number of carbonyl (C=O) groups excluding carboxylic acids is 1. The van der Waals surface area contributed by atoms with E-state index < -0.39 is 10.0 Å². The second-order valence-electron chi connectivity index (χ2n) is 8.89. The van der Waals surface area contributed by atoms with Gasteiger partial charge in [0.2, 0.25) is 15.9 Å². The molecule has 2 aromatic carbocycles. The Morgan fingerprint density at radius 2 is 1.66 bits per heavy atom. The summed E-state index contributed by atoms with van der Waals surface area (Å²) in [4.78, 5) is 18.1. The lowest BCUT2D eigenvalue weighted by Crippen LogP contribution is -2.35. The maximum Gasteiger partial charge on any atom is 0.243 e. The molecule has 1 amide bonds. The van der Waals surface area contributed by atoms with E-state index in [0.717, 1.165) is 41.6 Å². The molecule has 5 rings (SSSR count). The Morgan fingerprint density at radius 3 is 2.37 bits per heavy atom. The molecule has 1 fully saturated rings. The summed E-state index contributed by atoms with van der Waals surface area (Å²) >= 11 is 0. The Hall–Kier alpha value is -3.49. The molecule has 3 heterocycles. The number of hydrogen-bond acceptors (Lipinski definition) is 4. The van der Waals surface area contributed by atoms with Gasteiger partial charge < -0.3 is 5.32 Å². The predicted molar refractivity (Wildman–Crippen MR) is 137 cm³/mol. The topological polar surface area (TPSA) is 83.8 Å². The van der Waals surface area contributed by atoms with Gasteiger partial charge >= 0.3 is 0 Å². The molecule has 0 aliphatic carbocycles. The summed E-state index contributed by atoms with van der Waals surface area (Å²) in [5.41, 5.74) is 4.16. The number of sulfonamides is 1. The average molecular weight is 489 g/mol. The van der Waals surface area contributed by atoms with Crippen molar-refractivity contribution in [3.8, 4) is 11.3 Å². The first-order valence-electron chi connectivity index (χ1n) is 11.9. The van der Waals surface area contributed by atoms with Crippen LogP contribution in [0, 0.1) is 6.92 Å². The lowest BCUT2D eigenvalue weighted by atomic mass is 10.1. The number of aromatic nitrogens is 2. The van der Waals surface area contributed by atoms with Crippen LogP contribution in [0.2, 0.25) is 0 Å². The van der Waals surface area contributed by atoms with Gasteiger partial charge in [-0.2, -0.15) is 4.31 Å². The summed E-state index contributed by atoms with van der Waals surface area (Å²) in [5, 5.41) is 3.04. The van der Waals surface area contributed by atoms with Crippen LogP contribution in [0.1, 0.15) is 30.4 Å². The molecule has 0 bridgehead atoms. The number of imidazole rings is 1. The predicted octanol–water partition coefficient (Wildman–Crippen LogP) is 4.67. The first kappa shape index (κ1) is 23.3. The molecular formula is C27H28N4O3S. The quantitative estimate of drug-likeness (QED) is 0.428. The molecule has 1 aliphatic rings. The summed E-state index contributed by atoms with van der Waals surface area (Å²) in [5.74, 6) is 0.418. The van der Waals surface area contributed by atoms with Gasteiger partial charge in [0.05, 0.1) is 11.3 Å². The Labute approximate surface area is 205 Å². The lowest BCUT2D eigenvalue weighted by molar-refractivity contribution is -0.115. The molecule has 0 radical (unpaired) electrons. The van der Waals surface area contributed by atoms with Gasteiger partial charge in [-0.3, -0.25) is 9.20 Å². The Bertz CT molecular complexity index is 1460. The Balaban J connectivity index is 1.37. The van der Waals surface area contributed by atoms with Gasteiger partial charge in [-0.15, -0.1) is 0 Å². The average Bonchev–Trinajstić information content (AvgIpc) is 3.25. The number of amides is 1. The van der Waals surface area contributed by atoms with Crippen molar-refractivity contribution in [3.05, 3.63) is 84.1 Å². The zero-order valence-corrected chi connectivity index (χ0v) is 20.5. The molecule has 0 spiro atoms. The fourth-order valence-corrected chi connectivity index (χ4v) is 6.03. The number of nitrogens with zero attached hydrogens (tertiary/aromatic N) is 3. The van der Waals surface area contributed by atoms with Gasteiger partial charge in [0.25, 0.3) is 0 Å². The second kappa shape index (κ2) is 9.64. The minimum atomic E-state index is -3.49. The number of carbonyl (C=O) groups is 1. The van der Waals surface area contributed by atoms with Crippen LogP contribution in [-0.2, 0) is 21.2 Å². The van der Waals surface area contributed by atoms with E-state index in [1.807, 2.05) is 60.0 Å². The second-order valence-corrected chi connectivity index (χ2v) is 10.8. The lowest BCUT2D eigenvalue weighted by Gasteiger charge is -2.25. The van der Waals surface area contributed by atoms with E-state index in [9.17, 15) is 13.2 Å². The highest BCUT2D eigenvalue weighted by Crippen LogP contribution is 2.30. The third-order valence-electron chi connectivity index (χ3n) is 6.39. The fraction of sp³-hybridized carbons (Fsp3) is 0.259. The van der Waals surface area contributed by atoms with Crippen LogP contribution in [0.5, 0.6) is 0 Å². The molecule has 1 aliphatic heterocycles. The number of piperidine rings is 1. The van der Waals surface area contributed by atoms with E-state index in [1.54, 1.807) is 28.6 Å². The van der Waals surface area contributed by atoms with Crippen LogP contribution in [0.3, 0.4) is 0 Å². The van der Waals surface area contributed by atoms with Gasteiger partial charge in [0, 0.05) is 24.8 Å². The molecule has 2 aromatic heterocycles. The van der Waals surface area contributed by atoms with Crippen LogP contribution in [0.25, 0.3) is 16.9 Å². The zero-order chi connectivity index (χ0) is 24.4. The highest BCUT2D eigenvalue weighted by molar-refractivity contribution is 7.89. The van der Waals surface area contributed by atoms with Gasteiger partial charge in [-0.1, -0.05) is 55.0 Å². The zero-order valence-electron chi connectivity index (χ0n) is 19.6. The van der Waals surface area contributed by atoms with Crippen molar-refractivity contribution in [1.29, 1.82) is 0 Å². The van der Waals surface area contributed by atoms with E-state index in [1.165, 1.54) is 0 Å². The van der Waals surface area contributed by atoms with Crippen molar-refractivity contribution < 1.29 is 13.2 Å². The van der Waals surface area contributed by atoms with Crippen molar-refractivity contribution in [2.45, 2.75) is 37.5 Å². The first-order chi connectivity index (χ1) is 16.9. The number of fused-ring (bicyclic) bond motifs is 1. The highest BCUT2D eigenvalue weighted by Gasteiger charge is 2.26. The fourth-order valence-electron chi connectivity index (χ4n) is 4.52. The van der Waals surface area contributed by atoms with E-state index in [2.05, 4.69) is 5.32 Å². The Morgan fingerprint density at radius 1 is 0.943 bits per heavy atom. The van der Waals surface area contributed by atoms with Crippen molar-refractivity contribution in [1.82, 2.24) is 13.7 Å². The summed E-state index contributed by atoms with van der Waals surface area (Å²) in [6.07, 6.45) is 4.86. The SMILES string of the molecule is Cc1cccn2c(NC(=O)Cc3ccc(S(=O)(=O)N4CCCCC4)cc3)c(-c3ccccc3)nc12. The molecule has 7 nitrogen and oxygen atoms in total. The minimum Gasteiger partial charge on any atom is -0.310 e. The largest absolute Gasteiger partial charge is 0.310 e. The normalized spacial score (nSPS) is 14.8. The molecule has 0 unspecified atom stereocenters. The van der Waals surface area contributed by atoms with E-state index >= 15 is 0 Å². The smallest absolute Gasteiger partial charge is 0.243 e. The van der Waals surface area contributed by atoms with Crippen molar-refractivity contribution in [2.75, 3.05) is 18.4 Å². The number of hydrogen-bond donors (Lipinski definition) is 1. The molecular weight excluding hydrogens is 460 g/mol. The third kappa shape index (κ3) is 4.72. The number of aryl methyl sites for hydroxylation is 1. The van der Waals surface area contributed by atoms with Crippen molar-refractivity contribution in [2.24, 2.45) is 0 Å². The van der Waals surface area contributed by atoms with Crippen molar-refractivity contribution >= 4 is 27.4 Å². The molecule has 180 valence electrons.